The fraction of sp³-hybridized carbons (Fsp3) is 0.315. The van der Waals surface area contributed by atoms with E-state index in [0.29, 0.717) is 17.9 Å². The quantitative estimate of drug-likeness (QED) is 0.0319. The summed E-state index contributed by atoms with van der Waals surface area (Å²) in [6.45, 7) is 16.6. The normalized spacial score (nSPS) is 13.2. The molecule has 1 atom stereocenters. The smallest absolute Gasteiger partial charge is 0.338 e. The Morgan fingerprint density at radius 2 is 1.00 bits per heavy atom. The van der Waals surface area contributed by atoms with Gasteiger partial charge in [-0.25, -0.2) is 4.79 Å². The molecular formula is C54H66O5Si2. The topological polar surface area (TPSA) is 54.0 Å². The highest BCUT2D eigenvalue weighted by Crippen LogP contribution is 2.39. The molecule has 0 aliphatic rings. The number of unbranched alkanes of at least 4 members (excludes halogenated alkanes) is 2. The molecule has 320 valence electrons. The number of carbonyl (C=O) groups is 1. The van der Waals surface area contributed by atoms with Crippen LogP contribution in [0.25, 0.3) is 0 Å². The Hall–Kier alpha value is -5.06. The van der Waals surface area contributed by atoms with Crippen molar-refractivity contribution in [2.75, 3.05) is 19.8 Å². The third-order valence-electron chi connectivity index (χ3n) is 11.0. The minimum Gasteiger partial charge on any atom is -0.534 e. The van der Waals surface area contributed by atoms with Gasteiger partial charge in [-0.15, -0.1) is 0 Å². The van der Waals surface area contributed by atoms with Gasteiger partial charge in [-0.2, -0.15) is 0 Å². The highest BCUT2D eigenvalue weighted by molar-refractivity contribution is 7.00. The van der Waals surface area contributed by atoms with E-state index in [0.717, 1.165) is 36.1 Å². The number of hydrogen-bond donors (Lipinski definition) is 0. The summed E-state index contributed by atoms with van der Waals surface area (Å²) in [5, 5.41) is 4.22. The van der Waals surface area contributed by atoms with Gasteiger partial charge in [-0.1, -0.05) is 213 Å². The van der Waals surface area contributed by atoms with Crippen LogP contribution in [0.15, 0.2) is 182 Å². The minimum absolute atomic E-state index is 0.0416. The molecule has 0 aromatic heterocycles. The molecule has 0 radical (unpaired) electrons. The highest BCUT2D eigenvalue weighted by Gasteiger charge is 2.53. The molecule has 61 heavy (non-hydrogen) atoms. The van der Waals surface area contributed by atoms with Gasteiger partial charge >= 0.3 is 14.3 Å². The molecule has 0 N–H and O–H groups in total. The predicted octanol–water partition coefficient (Wildman–Crippen LogP) is 11.0. The Balaban J connectivity index is 1.36. The predicted molar refractivity (Wildman–Crippen MR) is 260 cm³/mol. The van der Waals surface area contributed by atoms with Crippen molar-refractivity contribution in [3.63, 3.8) is 0 Å². The number of carbonyl (C=O) groups excluding carboxylic acids is 1. The lowest BCUT2D eigenvalue weighted by Gasteiger charge is -2.45. The van der Waals surface area contributed by atoms with Gasteiger partial charge in [-0.3, -0.25) is 0 Å². The lowest BCUT2D eigenvalue weighted by molar-refractivity contribution is -0.00442. The Morgan fingerprint density at radius 3 is 1.44 bits per heavy atom. The zero-order valence-corrected chi connectivity index (χ0v) is 39.4. The summed E-state index contributed by atoms with van der Waals surface area (Å²) in [6, 6.07) is 49.5. The third-order valence-corrected chi connectivity index (χ3v) is 21.0. The van der Waals surface area contributed by atoms with Crippen LogP contribution in [0, 0.1) is 0 Å². The van der Waals surface area contributed by atoms with Gasteiger partial charge in [-0.05, 0) is 74.4 Å². The molecule has 0 bridgehead atoms. The lowest BCUT2D eigenvalue weighted by Crippen LogP contribution is -2.68. The van der Waals surface area contributed by atoms with Crippen LogP contribution < -0.4 is 25.2 Å². The van der Waals surface area contributed by atoms with Crippen molar-refractivity contribution in [2.45, 2.75) is 90.3 Å². The first-order valence-corrected chi connectivity index (χ1v) is 25.7. The lowest BCUT2D eigenvalue weighted by atomic mass is 10.2. The van der Waals surface area contributed by atoms with E-state index in [1.807, 2.05) is 36.4 Å². The molecule has 0 unspecified atom stereocenters. The van der Waals surface area contributed by atoms with Crippen molar-refractivity contribution in [3.8, 4) is 5.75 Å². The first-order valence-electron chi connectivity index (χ1n) is 21.8. The number of benzene rings is 5. The molecule has 0 fully saturated rings. The molecule has 5 rings (SSSR count). The monoisotopic (exact) mass is 850 g/mol. The van der Waals surface area contributed by atoms with Crippen LogP contribution in [0.1, 0.15) is 84.5 Å². The van der Waals surface area contributed by atoms with Gasteiger partial charge in [0.1, 0.15) is 18.5 Å². The maximum absolute atomic E-state index is 13.9. The van der Waals surface area contributed by atoms with Crippen LogP contribution in [0.2, 0.25) is 10.1 Å². The van der Waals surface area contributed by atoms with Gasteiger partial charge < -0.3 is 18.3 Å². The van der Waals surface area contributed by atoms with Gasteiger partial charge in [0.25, 0.3) is 8.32 Å². The van der Waals surface area contributed by atoms with Crippen LogP contribution in [0.4, 0.5) is 0 Å². The fourth-order valence-corrected chi connectivity index (χ4v) is 17.0. The molecule has 0 heterocycles. The number of esters is 1. The Morgan fingerprint density at radius 1 is 0.557 bits per heavy atom. The maximum Gasteiger partial charge on any atom is 0.338 e. The Labute approximate surface area is 368 Å². The van der Waals surface area contributed by atoms with E-state index in [4.69, 9.17) is 18.3 Å². The third kappa shape index (κ3) is 12.3. The van der Waals surface area contributed by atoms with E-state index in [1.54, 1.807) is 12.1 Å². The number of allylic oxidation sites excluding steroid dienone is 6. The van der Waals surface area contributed by atoms with Gasteiger partial charge in [0.2, 0.25) is 0 Å². The van der Waals surface area contributed by atoms with E-state index in [1.165, 1.54) is 10.4 Å². The molecule has 0 saturated heterocycles. The molecule has 0 spiro atoms. The maximum atomic E-state index is 13.9. The SMILES string of the molecule is CCC/C=C/C=C/C=C/CCCOC[C@@H](COC(=O)c1ccc(O[Si](c2ccccc2)(c2ccccc2)C(C)(C)C)cc1)O[Si](c1ccccc1)(c1ccccc1)C(C)(C)C. The second-order valence-electron chi connectivity index (χ2n) is 17.5. The summed E-state index contributed by atoms with van der Waals surface area (Å²) < 4.78 is 27.1. The average molecular weight is 851 g/mol. The van der Waals surface area contributed by atoms with Gasteiger partial charge in [0, 0.05) is 6.61 Å². The molecule has 0 aliphatic carbocycles. The van der Waals surface area contributed by atoms with Crippen LogP contribution in [0.5, 0.6) is 5.75 Å². The molecule has 5 nitrogen and oxygen atoms in total. The van der Waals surface area contributed by atoms with Crippen molar-refractivity contribution < 1.29 is 23.1 Å². The number of rotatable bonds is 21. The fourth-order valence-electron chi connectivity index (χ4n) is 7.96. The Bertz CT molecular complexity index is 2040. The first-order chi connectivity index (χ1) is 29.4. The van der Waals surface area contributed by atoms with E-state index in [9.17, 15) is 4.79 Å². The molecule has 0 saturated carbocycles. The largest absolute Gasteiger partial charge is 0.534 e. The molecule has 5 aromatic rings. The minimum atomic E-state index is -2.98. The number of hydrogen-bond acceptors (Lipinski definition) is 5. The zero-order valence-electron chi connectivity index (χ0n) is 37.4. The summed E-state index contributed by atoms with van der Waals surface area (Å²) in [7, 11) is -5.82. The van der Waals surface area contributed by atoms with E-state index in [2.05, 4.69) is 182 Å². The summed E-state index contributed by atoms with van der Waals surface area (Å²) in [5.74, 6) is 0.289. The van der Waals surface area contributed by atoms with E-state index >= 15 is 0 Å². The zero-order chi connectivity index (χ0) is 43.6. The van der Waals surface area contributed by atoms with Crippen LogP contribution in [-0.2, 0) is 13.9 Å². The molecule has 7 heteroatoms. The molecular weight excluding hydrogens is 785 g/mol. The Kier molecular flexibility index (Phi) is 17.5. The van der Waals surface area contributed by atoms with Crippen molar-refractivity contribution in [3.05, 3.63) is 188 Å². The van der Waals surface area contributed by atoms with Crippen LogP contribution in [0.3, 0.4) is 0 Å². The average Bonchev–Trinajstić information content (AvgIpc) is 3.27. The van der Waals surface area contributed by atoms with Crippen LogP contribution >= 0.6 is 0 Å². The van der Waals surface area contributed by atoms with Crippen molar-refractivity contribution in [1.82, 2.24) is 0 Å². The molecule has 0 amide bonds. The molecule has 0 aliphatic heterocycles. The highest BCUT2D eigenvalue weighted by atomic mass is 28.4. The van der Waals surface area contributed by atoms with Crippen LogP contribution in [-0.4, -0.2) is 48.5 Å². The van der Waals surface area contributed by atoms with Crippen molar-refractivity contribution in [2.24, 2.45) is 0 Å². The van der Waals surface area contributed by atoms with Crippen molar-refractivity contribution >= 4 is 43.4 Å². The first kappa shape index (κ1) is 47.0. The van der Waals surface area contributed by atoms with Gasteiger partial charge in [0.15, 0.2) is 0 Å². The van der Waals surface area contributed by atoms with E-state index < -0.39 is 28.7 Å². The molecule has 5 aromatic carbocycles. The summed E-state index contributed by atoms with van der Waals surface area (Å²) >= 11 is 0. The van der Waals surface area contributed by atoms with E-state index in [-0.39, 0.29) is 23.3 Å². The summed E-state index contributed by atoms with van der Waals surface area (Å²) in [5.41, 5.74) is 0.446. The summed E-state index contributed by atoms with van der Waals surface area (Å²) in [6.07, 6.45) is 16.1. The second kappa shape index (κ2) is 22.7. The van der Waals surface area contributed by atoms with Crippen molar-refractivity contribution in [1.29, 1.82) is 0 Å². The summed E-state index contributed by atoms with van der Waals surface area (Å²) in [4.78, 5) is 13.9. The second-order valence-corrected chi connectivity index (χ2v) is 26.0. The van der Waals surface area contributed by atoms with Gasteiger partial charge in [0.05, 0.1) is 12.2 Å². The standard InChI is InChI=1S/C54H66O5Si2/c1-8-9-10-11-12-13-14-15-16-29-42-56-43-47(59-61(54(5,6)7,50-34-25-19-26-35-50)51-36-27-20-28-37-51)44-57-52(55)45-38-40-46(41-39-45)58-60(53(2,3)4,48-30-21-17-22-31-48)49-32-23-18-24-33-49/h10-15,17-28,30-41,47H,8-9,16,29,42-44H2,1-7H3/b11-10+,13-12+,15-14+/t47-/m0/s1. The number of ether oxygens (including phenoxy) is 2.